The smallest absolute Gasteiger partial charge is 0.260 e. The Bertz CT molecular complexity index is 1030. The topological polar surface area (TPSA) is 47.9 Å². The van der Waals surface area contributed by atoms with Gasteiger partial charge in [0.1, 0.15) is 5.84 Å². The van der Waals surface area contributed by atoms with Crippen LogP contribution in [-0.4, -0.2) is 42.2 Å². The molecule has 2 rings (SSSR count). The number of carbonyl (C=O) groups excluding carboxylic acids is 1. The average Bonchev–Trinajstić information content (AvgIpc) is 2.72. The highest BCUT2D eigenvalue weighted by Crippen LogP contribution is 2.31. The highest BCUT2D eigenvalue weighted by Gasteiger charge is 2.25. The number of aryl methyl sites for hydroxylation is 1. The summed E-state index contributed by atoms with van der Waals surface area (Å²) < 4.78 is 0. The summed E-state index contributed by atoms with van der Waals surface area (Å²) in [6, 6.07) is 6.27. The Morgan fingerprint density at radius 3 is 2.55 bits per heavy atom. The van der Waals surface area contributed by atoms with Gasteiger partial charge in [-0.05, 0) is 96.0 Å². The van der Waals surface area contributed by atoms with E-state index in [1.54, 1.807) is 11.1 Å². The lowest BCUT2D eigenvalue weighted by Gasteiger charge is -2.29. The minimum Gasteiger partial charge on any atom is -0.344 e. The Morgan fingerprint density at radius 1 is 1.27 bits per heavy atom. The van der Waals surface area contributed by atoms with Crippen molar-refractivity contribution in [1.29, 1.82) is 0 Å². The molecule has 1 N–H and O–H groups in total. The maximum absolute atomic E-state index is 13.4. The first-order valence-electron chi connectivity index (χ1n) is 11.3. The predicted octanol–water partition coefficient (Wildman–Crippen LogP) is 6.39. The molecule has 33 heavy (non-hydrogen) atoms. The number of rotatable bonds is 8. The largest absolute Gasteiger partial charge is 0.344 e. The van der Waals surface area contributed by atoms with Gasteiger partial charge in [-0.3, -0.25) is 4.79 Å². The molecule has 178 valence electrons. The molecule has 6 heteroatoms. The number of hydrogen-bond acceptors (Lipinski definition) is 3. The predicted molar refractivity (Wildman–Crippen MR) is 141 cm³/mol. The van der Waals surface area contributed by atoms with Crippen LogP contribution >= 0.6 is 11.6 Å². The number of nitrogens with zero attached hydrogens (tertiary/aromatic N) is 3. The summed E-state index contributed by atoms with van der Waals surface area (Å²) in [5.41, 5.74) is 6.51. The quantitative estimate of drug-likeness (QED) is 0.208. The number of carbonyl (C=O) groups is 1. The first-order chi connectivity index (χ1) is 15.5. The van der Waals surface area contributed by atoms with Gasteiger partial charge in [-0.25, -0.2) is 4.99 Å². The number of amides is 1. The van der Waals surface area contributed by atoms with Crippen molar-refractivity contribution in [2.75, 3.05) is 26.0 Å². The second-order valence-corrected chi connectivity index (χ2v) is 9.22. The van der Waals surface area contributed by atoms with Crippen molar-refractivity contribution in [3.8, 4) is 0 Å². The van der Waals surface area contributed by atoms with E-state index in [0.29, 0.717) is 28.6 Å². The SMILES string of the molecule is C=C(C)/C(=C\N=C(C)Nc1ccc(C)c(CN(C)C)c1)C(=O)N(CC)C1=C(C)CCC=C1Cl. The maximum atomic E-state index is 13.4. The van der Waals surface area contributed by atoms with Crippen LogP contribution in [0.1, 0.15) is 51.7 Å². The van der Waals surface area contributed by atoms with Crippen LogP contribution in [-0.2, 0) is 11.3 Å². The van der Waals surface area contributed by atoms with Crippen LogP contribution in [0.2, 0.25) is 0 Å². The van der Waals surface area contributed by atoms with Crippen molar-refractivity contribution in [3.63, 3.8) is 0 Å². The molecule has 0 saturated carbocycles. The second-order valence-electron chi connectivity index (χ2n) is 8.81. The van der Waals surface area contributed by atoms with Gasteiger partial charge in [0.15, 0.2) is 0 Å². The lowest BCUT2D eigenvalue weighted by molar-refractivity contribution is -0.124. The van der Waals surface area contributed by atoms with Crippen molar-refractivity contribution in [1.82, 2.24) is 9.80 Å². The summed E-state index contributed by atoms with van der Waals surface area (Å²) >= 11 is 6.48. The lowest BCUT2D eigenvalue weighted by atomic mass is 10.0. The van der Waals surface area contributed by atoms with E-state index in [2.05, 4.69) is 54.9 Å². The third-order valence-corrected chi connectivity index (χ3v) is 5.88. The zero-order valence-corrected chi connectivity index (χ0v) is 21.8. The summed E-state index contributed by atoms with van der Waals surface area (Å²) in [6.07, 6.45) is 5.37. The molecule has 1 aromatic rings. The van der Waals surface area contributed by atoms with E-state index in [-0.39, 0.29) is 5.91 Å². The molecule has 0 aliphatic heterocycles. The Hall–Kier alpha value is -2.63. The summed E-state index contributed by atoms with van der Waals surface area (Å²) in [6.45, 7) is 15.2. The molecular formula is C27H37ClN4O. The Labute approximate surface area is 204 Å². The molecular weight excluding hydrogens is 432 g/mol. The van der Waals surface area contributed by atoms with Gasteiger partial charge in [0, 0.05) is 25.0 Å². The van der Waals surface area contributed by atoms with Gasteiger partial charge < -0.3 is 15.1 Å². The van der Waals surface area contributed by atoms with Gasteiger partial charge in [0.05, 0.1) is 16.3 Å². The van der Waals surface area contributed by atoms with E-state index in [0.717, 1.165) is 36.3 Å². The maximum Gasteiger partial charge on any atom is 0.260 e. The fraction of sp³-hybridized carbons (Fsp3) is 0.407. The third kappa shape index (κ3) is 7.18. The molecule has 0 fully saturated rings. The Kier molecular flexibility index (Phi) is 9.69. The first-order valence-corrected chi connectivity index (χ1v) is 11.7. The zero-order chi connectivity index (χ0) is 24.7. The van der Waals surface area contributed by atoms with Gasteiger partial charge in [-0.15, -0.1) is 0 Å². The number of halogens is 1. The normalized spacial score (nSPS) is 15.0. The first kappa shape index (κ1) is 26.6. The highest BCUT2D eigenvalue weighted by molar-refractivity contribution is 6.32. The van der Waals surface area contributed by atoms with Gasteiger partial charge in [0.2, 0.25) is 0 Å². The fourth-order valence-corrected chi connectivity index (χ4v) is 4.13. The lowest BCUT2D eigenvalue weighted by Crippen LogP contribution is -2.33. The molecule has 1 aliphatic rings. The van der Waals surface area contributed by atoms with Gasteiger partial charge >= 0.3 is 0 Å². The molecule has 1 amide bonds. The van der Waals surface area contributed by atoms with Crippen LogP contribution < -0.4 is 5.32 Å². The third-order valence-electron chi connectivity index (χ3n) is 5.54. The van der Waals surface area contributed by atoms with Crippen molar-refractivity contribution in [2.45, 2.75) is 54.0 Å². The van der Waals surface area contributed by atoms with Crippen LogP contribution in [0.3, 0.4) is 0 Å². The van der Waals surface area contributed by atoms with Crippen LogP contribution in [0.5, 0.6) is 0 Å². The Balaban J connectivity index is 2.29. The minimum absolute atomic E-state index is 0.145. The number of amidine groups is 1. The minimum atomic E-state index is -0.145. The number of anilines is 1. The number of benzene rings is 1. The molecule has 0 spiro atoms. The molecule has 0 bridgehead atoms. The van der Waals surface area contributed by atoms with Gasteiger partial charge in [0.25, 0.3) is 5.91 Å². The average molecular weight is 469 g/mol. The molecule has 0 atom stereocenters. The van der Waals surface area contributed by atoms with E-state index in [9.17, 15) is 4.79 Å². The second kappa shape index (κ2) is 12.0. The molecule has 1 aliphatic carbocycles. The molecule has 0 radical (unpaired) electrons. The fourth-order valence-electron chi connectivity index (χ4n) is 3.75. The number of allylic oxidation sites excluding steroid dienone is 3. The number of aliphatic imine (C=N–C) groups is 1. The van der Waals surface area contributed by atoms with Crippen LogP contribution in [0, 0.1) is 6.92 Å². The van der Waals surface area contributed by atoms with E-state index < -0.39 is 0 Å². The monoisotopic (exact) mass is 468 g/mol. The summed E-state index contributed by atoms with van der Waals surface area (Å²) in [5, 5.41) is 3.96. The van der Waals surface area contributed by atoms with Crippen molar-refractivity contribution < 1.29 is 4.79 Å². The van der Waals surface area contributed by atoms with Crippen molar-refractivity contribution in [3.05, 3.63) is 75.6 Å². The number of hydrogen-bond donors (Lipinski definition) is 1. The molecule has 0 heterocycles. The summed E-state index contributed by atoms with van der Waals surface area (Å²) in [4.78, 5) is 21.8. The van der Waals surface area contributed by atoms with E-state index in [1.807, 2.05) is 39.8 Å². The summed E-state index contributed by atoms with van der Waals surface area (Å²) in [5.74, 6) is 0.545. The Morgan fingerprint density at radius 2 is 1.97 bits per heavy atom. The van der Waals surface area contributed by atoms with Gasteiger partial charge in [-0.1, -0.05) is 30.3 Å². The molecule has 0 unspecified atom stereocenters. The van der Waals surface area contributed by atoms with Gasteiger partial charge in [-0.2, -0.15) is 0 Å². The van der Waals surface area contributed by atoms with Crippen molar-refractivity contribution >= 4 is 29.0 Å². The zero-order valence-electron chi connectivity index (χ0n) is 21.1. The molecule has 0 saturated heterocycles. The standard InChI is InChI=1S/C27H37ClN4O/c1-9-32(26-20(5)11-10-12-25(26)28)27(33)24(18(2)3)16-29-21(6)30-23-14-13-19(4)22(15-23)17-31(7)8/h12-16H,2,9-11,17H2,1,3-8H3,(H,29,30)/b24-16+. The molecule has 5 nitrogen and oxygen atoms in total. The van der Waals surface area contributed by atoms with E-state index in [1.165, 1.54) is 11.1 Å². The van der Waals surface area contributed by atoms with E-state index >= 15 is 0 Å². The summed E-state index contributed by atoms with van der Waals surface area (Å²) in [7, 11) is 4.11. The molecule has 0 aromatic heterocycles. The van der Waals surface area contributed by atoms with Crippen LogP contribution in [0.4, 0.5) is 5.69 Å². The number of nitrogens with one attached hydrogen (secondary N) is 1. The van der Waals surface area contributed by atoms with Crippen molar-refractivity contribution in [2.24, 2.45) is 4.99 Å². The van der Waals surface area contributed by atoms with Crippen LogP contribution in [0.25, 0.3) is 0 Å². The molecule has 1 aromatic carbocycles. The van der Waals surface area contributed by atoms with Crippen LogP contribution in [0.15, 0.2) is 69.5 Å². The number of likely N-dealkylation sites (N-methyl/N-ethyl adjacent to an activating group) is 1. The van der Waals surface area contributed by atoms with E-state index in [4.69, 9.17) is 11.6 Å². The highest BCUT2D eigenvalue weighted by atomic mass is 35.5.